The molecule has 1 unspecified atom stereocenters. The molecule has 0 radical (unpaired) electrons. The number of hydrogen-bond acceptors (Lipinski definition) is 2. The normalized spacial score (nSPS) is 25.4. The molecular formula is C9H19NO. The molecule has 0 spiro atoms. The predicted molar refractivity (Wildman–Crippen MR) is 45.5 cm³/mol. The molecule has 0 amide bonds. The molecular weight excluding hydrogens is 138 g/mol. The zero-order chi connectivity index (χ0) is 8.27. The first-order valence-electron chi connectivity index (χ1n) is 4.67. The van der Waals surface area contributed by atoms with E-state index in [1.807, 2.05) is 0 Å². The molecule has 66 valence electrons. The lowest BCUT2D eigenvalue weighted by molar-refractivity contribution is -0.115. The molecule has 1 N–H and O–H groups in total. The fraction of sp³-hybridized carbons (Fsp3) is 1.00. The SMILES string of the molecule is CCC(C)C1CCN(O)CC1. The van der Waals surface area contributed by atoms with Gasteiger partial charge in [0, 0.05) is 13.1 Å². The first-order chi connectivity index (χ1) is 5.24. The van der Waals surface area contributed by atoms with Crippen LogP contribution in [0.5, 0.6) is 0 Å². The Morgan fingerprint density at radius 1 is 1.45 bits per heavy atom. The predicted octanol–water partition coefficient (Wildman–Crippen LogP) is 2.13. The second-order valence-electron chi connectivity index (χ2n) is 3.68. The van der Waals surface area contributed by atoms with Crippen LogP contribution in [-0.4, -0.2) is 23.4 Å². The van der Waals surface area contributed by atoms with E-state index in [1.165, 1.54) is 24.3 Å². The third-order valence-electron chi connectivity index (χ3n) is 2.96. The minimum Gasteiger partial charge on any atom is -0.314 e. The summed E-state index contributed by atoms with van der Waals surface area (Å²) < 4.78 is 0. The molecule has 0 aromatic heterocycles. The molecule has 0 bridgehead atoms. The van der Waals surface area contributed by atoms with Crippen molar-refractivity contribution in [2.24, 2.45) is 11.8 Å². The summed E-state index contributed by atoms with van der Waals surface area (Å²) in [7, 11) is 0. The first kappa shape index (κ1) is 9.01. The quantitative estimate of drug-likeness (QED) is 0.663. The minimum atomic E-state index is 0.837. The third kappa shape index (κ3) is 2.46. The standard InChI is InChI=1S/C9H19NO/c1-3-8(2)9-4-6-10(11)7-5-9/h8-9,11H,3-7H2,1-2H3. The van der Waals surface area contributed by atoms with Crippen molar-refractivity contribution in [2.75, 3.05) is 13.1 Å². The van der Waals surface area contributed by atoms with Gasteiger partial charge in [0.05, 0.1) is 0 Å². The third-order valence-corrected chi connectivity index (χ3v) is 2.96. The summed E-state index contributed by atoms with van der Waals surface area (Å²) >= 11 is 0. The fourth-order valence-electron chi connectivity index (χ4n) is 1.79. The average molecular weight is 157 g/mol. The van der Waals surface area contributed by atoms with Gasteiger partial charge in [0.25, 0.3) is 0 Å². The largest absolute Gasteiger partial charge is 0.314 e. The van der Waals surface area contributed by atoms with Gasteiger partial charge >= 0.3 is 0 Å². The highest BCUT2D eigenvalue weighted by atomic mass is 16.5. The van der Waals surface area contributed by atoms with Gasteiger partial charge in [-0.15, -0.1) is 0 Å². The van der Waals surface area contributed by atoms with Crippen molar-refractivity contribution in [1.29, 1.82) is 0 Å². The summed E-state index contributed by atoms with van der Waals surface area (Å²) in [6.45, 7) is 6.30. The minimum absolute atomic E-state index is 0.837. The van der Waals surface area contributed by atoms with Crippen molar-refractivity contribution in [2.45, 2.75) is 33.1 Å². The molecule has 2 nitrogen and oxygen atoms in total. The van der Waals surface area contributed by atoms with Gasteiger partial charge in [-0.1, -0.05) is 20.3 Å². The van der Waals surface area contributed by atoms with Gasteiger partial charge in [-0.3, -0.25) is 0 Å². The maximum absolute atomic E-state index is 9.11. The molecule has 1 aliphatic heterocycles. The Morgan fingerprint density at radius 3 is 2.45 bits per heavy atom. The Morgan fingerprint density at radius 2 is 2.00 bits per heavy atom. The van der Waals surface area contributed by atoms with Gasteiger partial charge in [-0.25, -0.2) is 0 Å². The highest BCUT2D eigenvalue weighted by molar-refractivity contribution is 4.71. The van der Waals surface area contributed by atoms with E-state index in [0.717, 1.165) is 24.9 Å². The van der Waals surface area contributed by atoms with E-state index >= 15 is 0 Å². The highest BCUT2D eigenvalue weighted by Crippen LogP contribution is 2.25. The van der Waals surface area contributed by atoms with Crippen LogP contribution in [0.15, 0.2) is 0 Å². The van der Waals surface area contributed by atoms with E-state index in [0.29, 0.717) is 0 Å². The van der Waals surface area contributed by atoms with Gasteiger partial charge in [-0.2, -0.15) is 5.06 Å². The molecule has 1 rings (SSSR count). The first-order valence-corrected chi connectivity index (χ1v) is 4.67. The Balaban J connectivity index is 2.27. The van der Waals surface area contributed by atoms with Gasteiger partial charge in [0.2, 0.25) is 0 Å². The summed E-state index contributed by atoms with van der Waals surface area (Å²) in [6, 6.07) is 0. The van der Waals surface area contributed by atoms with Crippen LogP contribution >= 0.6 is 0 Å². The van der Waals surface area contributed by atoms with Crippen LogP contribution in [0.1, 0.15) is 33.1 Å². The second-order valence-corrected chi connectivity index (χ2v) is 3.68. The molecule has 1 fully saturated rings. The maximum atomic E-state index is 9.11. The molecule has 0 aromatic rings. The van der Waals surface area contributed by atoms with E-state index in [1.54, 1.807) is 0 Å². The Labute approximate surface area is 69.2 Å². The van der Waals surface area contributed by atoms with Crippen LogP contribution in [0.3, 0.4) is 0 Å². The number of hydroxylamine groups is 2. The molecule has 0 aromatic carbocycles. The Hall–Kier alpha value is -0.0800. The lowest BCUT2D eigenvalue weighted by Gasteiger charge is -2.30. The number of rotatable bonds is 2. The molecule has 0 aliphatic carbocycles. The second kappa shape index (κ2) is 4.07. The van der Waals surface area contributed by atoms with Crippen LogP contribution in [0.2, 0.25) is 0 Å². The van der Waals surface area contributed by atoms with E-state index in [-0.39, 0.29) is 0 Å². The summed E-state index contributed by atoms with van der Waals surface area (Å²) in [5.41, 5.74) is 0. The van der Waals surface area contributed by atoms with E-state index in [2.05, 4.69) is 13.8 Å². The van der Waals surface area contributed by atoms with Crippen molar-refractivity contribution in [3.63, 3.8) is 0 Å². The average Bonchev–Trinajstić information content (AvgIpc) is 2.05. The van der Waals surface area contributed by atoms with E-state index in [9.17, 15) is 0 Å². The van der Waals surface area contributed by atoms with Gasteiger partial charge in [0.15, 0.2) is 0 Å². The molecule has 1 heterocycles. The smallest absolute Gasteiger partial charge is 0.0240 e. The summed E-state index contributed by atoms with van der Waals surface area (Å²) in [5.74, 6) is 1.69. The molecule has 2 heteroatoms. The van der Waals surface area contributed by atoms with Crippen molar-refractivity contribution >= 4 is 0 Å². The van der Waals surface area contributed by atoms with E-state index < -0.39 is 0 Å². The van der Waals surface area contributed by atoms with Crippen molar-refractivity contribution in [3.05, 3.63) is 0 Å². The van der Waals surface area contributed by atoms with E-state index in [4.69, 9.17) is 5.21 Å². The van der Waals surface area contributed by atoms with Crippen molar-refractivity contribution in [3.8, 4) is 0 Å². The topological polar surface area (TPSA) is 23.5 Å². The van der Waals surface area contributed by atoms with Crippen molar-refractivity contribution < 1.29 is 5.21 Å². The van der Waals surface area contributed by atoms with Crippen LogP contribution < -0.4 is 0 Å². The molecule has 0 saturated carbocycles. The molecule has 1 atom stereocenters. The van der Waals surface area contributed by atoms with Gasteiger partial charge in [-0.05, 0) is 24.7 Å². The zero-order valence-electron chi connectivity index (χ0n) is 7.58. The fourth-order valence-corrected chi connectivity index (χ4v) is 1.79. The number of nitrogens with zero attached hydrogens (tertiary/aromatic N) is 1. The monoisotopic (exact) mass is 157 g/mol. The Kier molecular flexibility index (Phi) is 3.34. The summed E-state index contributed by atoms with van der Waals surface area (Å²) in [5, 5.41) is 10.6. The molecule has 11 heavy (non-hydrogen) atoms. The molecule has 1 aliphatic rings. The number of hydrogen-bond donors (Lipinski definition) is 1. The summed E-state index contributed by atoms with van der Waals surface area (Å²) in [4.78, 5) is 0. The van der Waals surface area contributed by atoms with Crippen LogP contribution in [0.4, 0.5) is 0 Å². The number of piperidine rings is 1. The van der Waals surface area contributed by atoms with Gasteiger partial charge in [0.1, 0.15) is 0 Å². The van der Waals surface area contributed by atoms with Crippen LogP contribution in [-0.2, 0) is 0 Å². The Bertz CT molecular complexity index is 108. The highest BCUT2D eigenvalue weighted by Gasteiger charge is 2.21. The molecule has 1 saturated heterocycles. The van der Waals surface area contributed by atoms with Crippen molar-refractivity contribution in [1.82, 2.24) is 5.06 Å². The zero-order valence-corrected chi connectivity index (χ0v) is 7.58. The summed E-state index contributed by atoms with van der Waals surface area (Å²) in [6.07, 6.45) is 3.62. The maximum Gasteiger partial charge on any atom is 0.0240 e. The van der Waals surface area contributed by atoms with Crippen LogP contribution in [0, 0.1) is 11.8 Å². The van der Waals surface area contributed by atoms with Gasteiger partial charge < -0.3 is 5.21 Å². The lowest BCUT2D eigenvalue weighted by Crippen LogP contribution is -2.33. The van der Waals surface area contributed by atoms with Crippen LogP contribution in [0.25, 0.3) is 0 Å². The lowest BCUT2D eigenvalue weighted by atomic mass is 9.84.